The highest BCUT2D eigenvalue weighted by molar-refractivity contribution is 6.15. The molecule has 6 aromatic carbocycles. The van der Waals surface area contributed by atoms with Crippen molar-refractivity contribution in [1.29, 1.82) is 5.26 Å². The lowest BCUT2D eigenvalue weighted by Gasteiger charge is -2.54. The van der Waals surface area contributed by atoms with Crippen LogP contribution in [0.25, 0.3) is 83.2 Å². The van der Waals surface area contributed by atoms with Gasteiger partial charge in [0.25, 0.3) is 22.6 Å². The number of benzene rings is 6. The molecule has 3 N–H and O–H groups in total. The van der Waals surface area contributed by atoms with Crippen molar-refractivity contribution in [2.75, 3.05) is 103 Å². The van der Waals surface area contributed by atoms with E-state index in [1.165, 1.54) is 61.3 Å². The van der Waals surface area contributed by atoms with Gasteiger partial charge in [-0.1, -0.05) is 79.5 Å². The summed E-state index contributed by atoms with van der Waals surface area (Å²) in [5, 5.41) is 41.5. The van der Waals surface area contributed by atoms with Crippen LogP contribution in [0.1, 0.15) is 114 Å². The van der Waals surface area contributed by atoms with Crippen molar-refractivity contribution in [3.63, 3.8) is 0 Å². The highest BCUT2D eigenvalue weighted by Gasteiger charge is 2.55. The Kier molecular flexibility index (Phi) is 28.6. The number of carbonyl (C=O) groups is 6. The minimum atomic E-state index is -1.47. The number of aryl methyl sites for hydroxylation is 3. The molecule has 12 heterocycles. The Labute approximate surface area is 839 Å². The smallest absolute Gasteiger partial charge is 0.330 e. The second-order valence-electron chi connectivity index (χ2n) is 37.7. The number of methoxy groups -OCH3 is 2. The summed E-state index contributed by atoms with van der Waals surface area (Å²) < 4.78 is 190. The third kappa shape index (κ3) is 16.8. The molecule has 6 aliphatic rings. The number of phenols is 3. The average Bonchev–Trinajstić information content (AvgIpc) is 0.700. The van der Waals surface area contributed by atoms with E-state index in [0.717, 1.165) is 106 Å². The van der Waals surface area contributed by atoms with Crippen molar-refractivity contribution < 1.29 is 102 Å². The van der Waals surface area contributed by atoms with Gasteiger partial charge in [0.05, 0.1) is 134 Å². The van der Waals surface area contributed by atoms with E-state index in [1.807, 2.05) is 13.8 Å². The van der Waals surface area contributed by atoms with Gasteiger partial charge in [0, 0.05) is 92.1 Å². The van der Waals surface area contributed by atoms with E-state index in [1.54, 1.807) is 103 Å². The van der Waals surface area contributed by atoms with Gasteiger partial charge in [-0.3, -0.25) is 62.2 Å². The van der Waals surface area contributed by atoms with Gasteiger partial charge in [0.2, 0.25) is 17.7 Å². The van der Waals surface area contributed by atoms with Crippen molar-refractivity contribution in [3.05, 3.63) is 265 Å². The van der Waals surface area contributed by atoms with Gasteiger partial charge < -0.3 is 64.0 Å². The zero-order chi connectivity index (χ0) is 107. The number of ether oxygens (including phenoxy) is 2. The molecule has 148 heavy (non-hydrogen) atoms. The van der Waals surface area contributed by atoms with Crippen LogP contribution in [0.4, 0.5) is 82.4 Å². The Morgan fingerprint density at radius 3 is 1.05 bits per heavy atom. The first-order valence-electron chi connectivity index (χ1n) is 47.2. The normalized spacial score (nSPS) is 18.3. The van der Waals surface area contributed by atoms with Crippen molar-refractivity contribution in [3.8, 4) is 73.9 Å². The Morgan fingerprint density at radius 2 is 0.743 bits per heavy atom. The fourth-order valence-electron chi connectivity index (χ4n) is 21.5. The van der Waals surface area contributed by atoms with Crippen molar-refractivity contribution in [1.82, 2.24) is 43.4 Å². The first-order valence-corrected chi connectivity index (χ1v) is 47.2. The summed E-state index contributed by atoms with van der Waals surface area (Å²) in [4.78, 5) is 150. The predicted octanol–water partition coefficient (Wildman–Crippen LogP) is 16.0. The van der Waals surface area contributed by atoms with Crippen LogP contribution >= 0.6 is 0 Å². The number of phenolic OH excluding ortho intramolecular Hbond substituents is 3. The van der Waals surface area contributed by atoms with Crippen LogP contribution in [0.2, 0.25) is 0 Å². The molecule has 30 nitrogen and oxygen atoms in total. The monoisotopic (exact) mass is 2040 g/mol. The number of piperazine rings is 3. The third-order valence-corrected chi connectivity index (χ3v) is 28.1. The van der Waals surface area contributed by atoms with Crippen molar-refractivity contribution in [2.24, 2.45) is 0 Å². The number of esters is 2. The summed E-state index contributed by atoms with van der Waals surface area (Å²) in [6, 6.07) is 9.49. The molecule has 8 atom stereocenters. The molecule has 8 unspecified atom stereocenters. The number of rotatable bonds is 17. The maximum Gasteiger partial charge on any atom is 0.330 e. The number of aromatic nitrogens is 6. The predicted molar refractivity (Wildman–Crippen MR) is 533 cm³/mol. The number of pyridine rings is 6. The second kappa shape index (κ2) is 40.5. The van der Waals surface area contributed by atoms with E-state index < -0.39 is 246 Å². The lowest BCUT2D eigenvalue weighted by molar-refractivity contribution is -0.144. The van der Waals surface area contributed by atoms with Gasteiger partial charge in [-0.15, -0.1) is 0 Å². The zero-order valence-corrected chi connectivity index (χ0v) is 82.6. The number of hydrogen-bond acceptors (Lipinski definition) is 23. The van der Waals surface area contributed by atoms with Gasteiger partial charge >= 0.3 is 11.9 Å². The summed E-state index contributed by atoms with van der Waals surface area (Å²) in [6.07, 6.45) is 9.63. The fraction of sp³-hybridized carbons (Fsp3) is 0.318. The fourth-order valence-corrected chi connectivity index (χ4v) is 21.5. The van der Waals surface area contributed by atoms with E-state index >= 15 is 53.5 Å². The van der Waals surface area contributed by atoms with Gasteiger partial charge in [-0.05, 0) is 167 Å². The summed E-state index contributed by atoms with van der Waals surface area (Å²) in [6.45, 7) is 28.2. The molecular formula is C107H101F11N16O14. The summed E-state index contributed by atoms with van der Waals surface area (Å²) in [5.41, 5.74) is -7.55. The molecule has 6 aliphatic heterocycles. The molecule has 3 saturated heterocycles. The maximum atomic E-state index is 17.4. The van der Waals surface area contributed by atoms with Crippen LogP contribution in [0.15, 0.2) is 162 Å². The molecule has 4 amide bonds. The van der Waals surface area contributed by atoms with Crippen LogP contribution in [0.3, 0.4) is 0 Å². The number of nitriles is 1. The number of hydrogen-bond donors (Lipinski definition) is 3. The van der Waals surface area contributed by atoms with Crippen LogP contribution in [-0.4, -0.2) is 216 Å². The highest BCUT2D eigenvalue weighted by Crippen LogP contribution is 2.54. The van der Waals surface area contributed by atoms with Gasteiger partial charge in [0.1, 0.15) is 88.0 Å². The number of carbonyl (C=O) groups excluding carboxylic acids is 6. The molecule has 0 radical (unpaired) electrons. The van der Waals surface area contributed by atoms with E-state index in [0.29, 0.717) is 38.7 Å². The zero-order valence-electron chi connectivity index (χ0n) is 82.6. The molecule has 0 spiro atoms. The number of amides is 4. The first kappa shape index (κ1) is 104. The standard InChI is InChI=1S/C37H37F4N5O5.C36H35F4N5O5.C34H29F3N6O4/c1-7-26(48)44-17-24-34(37(50)51-6)43(14-12-38)35-33(45(24)16-20(44)5)21-15-23(40)28(27-22(39)9-8-10-25(27)47)29(41)32(21)46(36(35)49)31-19(4)11-13-42-30(31)18(2)3;1-7-25(47)42-15-23-33(36(49)50-6)44(16-37)34-32(43(23)14-19(42)5)20-13-22(39)27(26-21(38)9-8-10-24(26)46)28(40)31(20)45(35(34)48)30-18(4)11-12-41-29(30)17(2)3;1-6-24(45)40-14-22-33(46)42(15-38)32-31(41(22)13-18(40)5)19-12-21(36)26(25-20(35)8-7-9-23(25)44)27(37)30(19)43(34(32)47)29-17(4)10-11-39-28(29)16(2)3/h7-11,13,15,18,20,24,34,47H,1,12,14,16-17H2,2-6H3;7-13,17,19,23,33,46H,1,14-16H2,2-6H3;6-12,16,18,22,44H,1,13-14H2,2-5H3. The Morgan fingerprint density at radius 1 is 0.432 bits per heavy atom. The number of nitrogens with zero attached hydrogens (tertiary/aromatic N) is 16. The first-order chi connectivity index (χ1) is 70.4. The van der Waals surface area contributed by atoms with Crippen molar-refractivity contribution >= 4 is 102 Å². The molecule has 770 valence electrons. The van der Waals surface area contributed by atoms with E-state index in [2.05, 4.69) is 34.7 Å². The van der Waals surface area contributed by atoms with Crippen LogP contribution in [-0.2, 0) is 38.2 Å². The van der Waals surface area contributed by atoms with Crippen molar-refractivity contribution in [2.45, 2.75) is 149 Å². The Bertz CT molecular complexity index is 7800. The Hall–Kier alpha value is -16.4. The van der Waals surface area contributed by atoms with Crippen LogP contribution < -0.4 is 46.1 Å². The summed E-state index contributed by atoms with van der Waals surface area (Å²) >= 11 is 0. The number of anilines is 6. The van der Waals surface area contributed by atoms with E-state index in [9.17, 15) is 58.5 Å². The Balaban J connectivity index is 0.000000159. The SMILES string of the molecule is C=CC(=O)N1CC2C(=O)N(C#N)c3c(c4cc(F)c(-c5c(O)cccc5F)c(F)c4n(-c4c(C)ccnc4C(C)C)c3=O)N2CC1C.C=CC(=O)N1CC2C(C(=O)OC)N(CCF)c3c(c4cc(F)c(-c5c(O)cccc5F)c(F)c4n(-c4c(C)ccnc4C(C)C)c3=O)N2CC1C.C=CC(=O)N1CC2C(C(=O)OC)N(CF)c3c(c4cc(F)c(-c5c(O)cccc5F)c(F)c4n(-c4c(C)ccnc4C(C)C)c3=O)N2CC1C. The molecule has 6 aromatic heterocycles. The lowest BCUT2D eigenvalue weighted by atomic mass is 9.91. The molecule has 0 bridgehead atoms. The summed E-state index contributed by atoms with van der Waals surface area (Å²) in [7, 11) is 2.25. The molecule has 18 rings (SSSR count). The number of aromatic hydroxyl groups is 3. The molecular weight excluding hydrogens is 1940 g/mol. The minimum Gasteiger partial charge on any atom is -0.507 e. The third-order valence-electron chi connectivity index (χ3n) is 28.1. The minimum absolute atomic E-state index is 0.00264. The second-order valence-corrected chi connectivity index (χ2v) is 37.7. The van der Waals surface area contributed by atoms with E-state index in [4.69, 9.17) is 9.47 Å². The number of alkyl halides is 2. The molecule has 0 aliphatic carbocycles. The molecule has 12 aromatic rings. The molecule has 3 fully saturated rings. The number of halogens is 11. The maximum absolute atomic E-state index is 17.4. The van der Waals surface area contributed by atoms with Gasteiger partial charge in [-0.25, -0.2) is 62.8 Å². The number of fused-ring (bicyclic) bond motifs is 15. The largest absolute Gasteiger partial charge is 0.507 e. The highest BCUT2D eigenvalue weighted by atomic mass is 19.2. The summed E-state index contributed by atoms with van der Waals surface area (Å²) in [5.74, 6) is -18.2. The topological polar surface area (TPSA) is 339 Å². The quantitative estimate of drug-likeness (QED) is 0.0251. The van der Waals surface area contributed by atoms with E-state index in [-0.39, 0.29) is 119 Å². The van der Waals surface area contributed by atoms with Crippen LogP contribution in [0.5, 0.6) is 17.2 Å². The average molecular weight is 2040 g/mol. The molecule has 41 heteroatoms. The molecule has 0 saturated carbocycles. The van der Waals surface area contributed by atoms with Gasteiger partial charge in [-0.2, -0.15) is 5.26 Å². The van der Waals surface area contributed by atoms with Gasteiger partial charge in [0.15, 0.2) is 36.5 Å². The lowest BCUT2D eigenvalue weighted by Crippen LogP contribution is -2.70. The van der Waals surface area contributed by atoms with Crippen LogP contribution in [0, 0.1) is 84.6 Å².